The monoisotopic (exact) mass is 250 g/mol. The predicted molar refractivity (Wildman–Crippen MR) is 58.2 cm³/mol. The Labute approximate surface area is 97.0 Å². The van der Waals surface area contributed by atoms with E-state index in [1.807, 2.05) is 0 Å². The zero-order chi connectivity index (χ0) is 13.1. The molecule has 0 aromatic heterocycles. The van der Waals surface area contributed by atoms with Crippen LogP contribution < -0.4 is 10.6 Å². The Morgan fingerprint density at radius 2 is 1.94 bits per heavy atom. The minimum atomic E-state index is -4.30. The van der Waals surface area contributed by atoms with Crippen molar-refractivity contribution >= 4 is 5.69 Å². The van der Waals surface area contributed by atoms with Crippen LogP contribution in [0.5, 0.6) is 0 Å². The number of rotatable bonds is 4. The summed E-state index contributed by atoms with van der Waals surface area (Å²) >= 11 is 0. The van der Waals surface area contributed by atoms with Crippen LogP contribution in [0.25, 0.3) is 0 Å². The summed E-state index contributed by atoms with van der Waals surface area (Å²) in [6.45, 7) is 0.719. The molecule has 0 saturated carbocycles. The molecule has 0 aliphatic heterocycles. The highest BCUT2D eigenvalue weighted by molar-refractivity contribution is 5.54. The molecule has 0 atom stereocenters. The van der Waals surface area contributed by atoms with E-state index < -0.39 is 18.5 Å². The van der Waals surface area contributed by atoms with Gasteiger partial charge >= 0.3 is 6.18 Å². The van der Waals surface area contributed by atoms with Gasteiger partial charge < -0.3 is 10.6 Å². The molecule has 2 N–H and O–H groups in total. The van der Waals surface area contributed by atoms with Gasteiger partial charge in [0.15, 0.2) is 0 Å². The third-order valence-corrected chi connectivity index (χ3v) is 2.35. The minimum Gasteiger partial charge on any atom is -0.363 e. The lowest BCUT2D eigenvalue weighted by Gasteiger charge is -2.26. The van der Waals surface area contributed by atoms with Crippen LogP contribution in [0.3, 0.4) is 0 Å². The predicted octanol–water partition coefficient (Wildman–Crippen LogP) is 2.67. The highest BCUT2D eigenvalue weighted by Crippen LogP contribution is 2.25. The molecule has 0 bridgehead atoms. The second-order valence-corrected chi connectivity index (χ2v) is 3.61. The van der Waals surface area contributed by atoms with Crippen LogP contribution in [0.2, 0.25) is 0 Å². The molecule has 0 saturated heterocycles. The molecule has 0 aliphatic carbocycles. The molecule has 0 amide bonds. The third kappa shape index (κ3) is 3.89. The Hall–Kier alpha value is -1.30. The van der Waals surface area contributed by atoms with Crippen molar-refractivity contribution in [1.82, 2.24) is 0 Å². The number of nitrogens with two attached hydrogens (primary N) is 1. The number of nitrogens with zero attached hydrogens (tertiary/aromatic N) is 1. The molecular weight excluding hydrogens is 236 g/mol. The van der Waals surface area contributed by atoms with Gasteiger partial charge in [-0.25, -0.2) is 4.39 Å². The summed E-state index contributed by atoms with van der Waals surface area (Å²) in [7, 11) is 0. The molecular formula is C11H14F4N2. The van der Waals surface area contributed by atoms with E-state index in [1.165, 1.54) is 6.07 Å². The van der Waals surface area contributed by atoms with E-state index in [0.717, 1.165) is 17.0 Å². The summed E-state index contributed by atoms with van der Waals surface area (Å²) in [6, 6.07) is 3.62. The van der Waals surface area contributed by atoms with Crippen molar-refractivity contribution in [2.45, 2.75) is 19.6 Å². The van der Waals surface area contributed by atoms with Crippen molar-refractivity contribution in [1.29, 1.82) is 0 Å². The zero-order valence-corrected chi connectivity index (χ0v) is 9.39. The van der Waals surface area contributed by atoms with Crippen molar-refractivity contribution in [3.63, 3.8) is 0 Å². The second kappa shape index (κ2) is 5.35. The number of alkyl halides is 3. The van der Waals surface area contributed by atoms with Gasteiger partial charge in [0, 0.05) is 18.8 Å². The van der Waals surface area contributed by atoms with Gasteiger partial charge in [0.25, 0.3) is 0 Å². The molecule has 0 aliphatic rings. The van der Waals surface area contributed by atoms with Crippen molar-refractivity contribution in [3.05, 3.63) is 29.6 Å². The summed E-state index contributed by atoms with van der Waals surface area (Å²) in [5.74, 6) is -0.503. The van der Waals surface area contributed by atoms with Crippen molar-refractivity contribution in [2.75, 3.05) is 18.0 Å². The van der Waals surface area contributed by atoms with Crippen LogP contribution >= 0.6 is 0 Å². The van der Waals surface area contributed by atoms with Gasteiger partial charge in [0.1, 0.15) is 12.4 Å². The van der Waals surface area contributed by atoms with E-state index in [4.69, 9.17) is 5.73 Å². The fraction of sp³-hybridized carbons (Fsp3) is 0.455. The number of hydrogen-bond donors (Lipinski definition) is 1. The van der Waals surface area contributed by atoms with E-state index in [9.17, 15) is 17.6 Å². The maximum atomic E-state index is 12.9. The van der Waals surface area contributed by atoms with Crippen LogP contribution in [0, 0.1) is 5.82 Å². The molecule has 0 heterocycles. The lowest BCUT2D eigenvalue weighted by Crippen LogP contribution is -2.34. The van der Waals surface area contributed by atoms with E-state index >= 15 is 0 Å². The molecule has 6 heteroatoms. The second-order valence-electron chi connectivity index (χ2n) is 3.61. The quantitative estimate of drug-likeness (QED) is 0.832. The third-order valence-electron chi connectivity index (χ3n) is 2.35. The van der Waals surface area contributed by atoms with Crippen molar-refractivity contribution < 1.29 is 17.6 Å². The van der Waals surface area contributed by atoms with Gasteiger partial charge in [-0.15, -0.1) is 0 Å². The first-order valence-electron chi connectivity index (χ1n) is 5.17. The highest BCUT2D eigenvalue weighted by atomic mass is 19.4. The van der Waals surface area contributed by atoms with E-state index in [0.29, 0.717) is 11.3 Å². The largest absolute Gasteiger partial charge is 0.405 e. The number of anilines is 1. The first-order valence-corrected chi connectivity index (χ1v) is 5.17. The first kappa shape index (κ1) is 13.8. The fourth-order valence-corrected chi connectivity index (χ4v) is 1.61. The smallest absolute Gasteiger partial charge is 0.363 e. The summed E-state index contributed by atoms with van der Waals surface area (Å²) in [5, 5.41) is 0. The van der Waals surface area contributed by atoms with Crippen LogP contribution in [-0.4, -0.2) is 19.3 Å². The maximum Gasteiger partial charge on any atom is 0.405 e. The fourth-order valence-electron chi connectivity index (χ4n) is 1.61. The Morgan fingerprint density at radius 3 is 2.41 bits per heavy atom. The molecule has 0 spiro atoms. The molecule has 1 rings (SSSR count). The zero-order valence-electron chi connectivity index (χ0n) is 9.39. The average molecular weight is 250 g/mol. The maximum absolute atomic E-state index is 12.9. The Balaban J connectivity index is 3.03. The average Bonchev–Trinajstić information content (AvgIpc) is 2.24. The van der Waals surface area contributed by atoms with Crippen LogP contribution in [0.4, 0.5) is 23.2 Å². The normalized spacial score (nSPS) is 11.6. The van der Waals surface area contributed by atoms with E-state index in [2.05, 4.69) is 0 Å². The summed E-state index contributed by atoms with van der Waals surface area (Å²) in [4.78, 5) is 1.13. The van der Waals surface area contributed by atoms with Crippen molar-refractivity contribution in [3.8, 4) is 0 Å². The van der Waals surface area contributed by atoms with Gasteiger partial charge in [-0.2, -0.15) is 13.2 Å². The highest BCUT2D eigenvalue weighted by Gasteiger charge is 2.30. The lowest BCUT2D eigenvalue weighted by molar-refractivity contribution is -0.119. The number of benzene rings is 1. The summed E-state index contributed by atoms with van der Waals surface area (Å²) in [6.07, 6.45) is -4.30. The van der Waals surface area contributed by atoms with E-state index in [1.54, 1.807) is 6.92 Å². The van der Waals surface area contributed by atoms with Gasteiger partial charge in [-0.1, -0.05) is 0 Å². The molecule has 0 unspecified atom stereocenters. The molecule has 1 aromatic rings. The Bertz CT molecular complexity index is 376. The summed E-state index contributed by atoms with van der Waals surface area (Å²) < 4.78 is 50.0. The van der Waals surface area contributed by atoms with E-state index in [-0.39, 0.29) is 13.1 Å². The molecule has 0 radical (unpaired) electrons. The molecule has 2 nitrogen and oxygen atoms in total. The van der Waals surface area contributed by atoms with Gasteiger partial charge in [-0.05, 0) is 30.7 Å². The standard InChI is InChI=1S/C11H14F4N2/c1-2-17(7-11(13,14)15)10-4-3-9(12)5-8(10)6-16/h3-5H,2,6-7,16H2,1H3. The minimum absolute atomic E-state index is 0.00144. The molecule has 1 aromatic carbocycles. The summed E-state index contributed by atoms with van der Waals surface area (Å²) in [5.41, 5.74) is 6.10. The van der Waals surface area contributed by atoms with Crippen LogP contribution in [-0.2, 0) is 6.54 Å². The molecule has 96 valence electrons. The SMILES string of the molecule is CCN(CC(F)(F)F)c1ccc(F)cc1CN. The topological polar surface area (TPSA) is 29.3 Å². The lowest BCUT2D eigenvalue weighted by atomic mass is 10.1. The van der Waals surface area contributed by atoms with Crippen LogP contribution in [0.15, 0.2) is 18.2 Å². The first-order chi connectivity index (χ1) is 7.87. The van der Waals surface area contributed by atoms with Crippen LogP contribution in [0.1, 0.15) is 12.5 Å². The Kier molecular flexibility index (Phi) is 4.34. The van der Waals surface area contributed by atoms with Gasteiger partial charge in [0.05, 0.1) is 0 Å². The van der Waals surface area contributed by atoms with Gasteiger partial charge in [-0.3, -0.25) is 0 Å². The molecule has 0 fully saturated rings. The molecule has 17 heavy (non-hydrogen) atoms. The number of hydrogen-bond acceptors (Lipinski definition) is 2. The van der Waals surface area contributed by atoms with Gasteiger partial charge in [0.2, 0.25) is 0 Å². The number of halogens is 4. The Morgan fingerprint density at radius 1 is 1.29 bits per heavy atom. The van der Waals surface area contributed by atoms with Crippen molar-refractivity contribution in [2.24, 2.45) is 5.73 Å².